The van der Waals surface area contributed by atoms with Crippen molar-refractivity contribution in [2.45, 2.75) is 6.17 Å². The summed E-state index contributed by atoms with van der Waals surface area (Å²) in [4.78, 5) is 37.3. The number of hydrogen-bond donors (Lipinski definition) is 1. The normalized spacial score (nSPS) is 20.5. The van der Waals surface area contributed by atoms with Crippen LogP contribution in [0.25, 0.3) is 0 Å². The standard InChI is InChI=1S/C9H5F2N3O3/c10-4-1-5(3-12-2-4)14-8(16)6(11)7(15)13-9(14)17/h1-3,6H,(H,13,15,17). The minimum Gasteiger partial charge on any atom is -0.274 e. The molecule has 17 heavy (non-hydrogen) atoms. The molecule has 4 amide bonds. The summed E-state index contributed by atoms with van der Waals surface area (Å²) in [6.07, 6.45) is -0.632. The Labute approximate surface area is 93.2 Å². The van der Waals surface area contributed by atoms with Gasteiger partial charge < -0.3 is 0 Å². The van der Waals surface area contributed by atoms with Gasteiger partial charge in [-0.1, -0.05) is 0 Å². The molecule has 1 saturated heterocycles. The zero-order chi connectivity index (χ0) is 12.6. The Morgan fingerprint density at radius 2 is 2.00 bits per heavy atom. The van der Waals surface area contributed by atoms with Crippen molar-refractivity contribution in [3.63, 3.8) is 0 Å². The largest absolute Gasteiger partial charge is 0.335 e. The van der Waals surface area contributed by atoms with E-state index in [1.807, 2.05) is 0 Å². The summed E-state index contributed by atoms with van der Waals surface area (Å²) in [6.45, 7) is 0. The van der Waals surface area contributed by atoms with Crippen LogP contribution in [0.1, 0.15) is 0 Å². The Balaban J connectivity index is 2.41. The Bertz CT molecular complexity index is 520. The Morgan fingerprint density at radius 3 is 2.65 bits per heavy atom. The minimum absolute atomic E-state index is 0.248. The van der Waals surface area contributed by atoms with Crippen LogP contribution in [0.15, 0.2) is 18.5 Å². The van der Waals surface area contributed by atoms with Gasteiger partial charge in [-0.25, -0.2) is 18.5 Å². The first-order valence-corrected chi connectivity index (χ1v) is 4.44. The van der Waals surface area contributed by atoms with Gasteiger partial charge in [-0.2, -0.15) is 0 Å². The fraction of sp³-hybridized carbons (Fsp3) is 0.111. The number of imide groups is 2. The highest BCUT2D eigenvalue weighted by Crippen LogP contribution is 2.18. The maximum atomic E-state index is 13.1. The molecule has 1 unspecified atom stereocenters. The summed E-state index contributed by atoms with van der Waals surface area (Å²) in [6, 6.07) is -0.311. The molecular formula is C9H5F2N3O3. The number of hydrogen-bond acceptors (Lipinski definition) is 4. The molecule has 1 aromatic rings. The lowest BCUT2D eigenvalue weighted by Gasteiger charge is -2.26. The lowest BCUT2D eigenvalue weighted by atomic mass is 10.2. The van der Waals surface area contributed by atoms with Gasteiger partial charge in [-0.3, -0.25) is 19.9 Å². The molecule has 0 spiro atoms. The third-order valence-electron chi connectivity index (χ3n) is 2.05. The molecule has 6 nitrogen and oxygen atoms in total. The van der Waals surface area contributed by atoms with Gasteiger partial charge in [0.2, 0.25) is 0 Å². The molecule has 0 aromatic carbocycles. The summed E-state index contributed by atoms with van der Waals surface area (Å²) in [5, 5.41) is 1.63. The van der Waals surface area contributed by atoms with Gasteiger partial charge in [0.25, 0.3) is 18.0 Å². The summed E-state index contributed by atoms with van der Waals surface area (Å²) in [5.41, 5.74) is -0.248. The van der Waals surface area contributed by atoms with E-state index in [0.29, 0.717) is 4.90 Å². The maximum absolute atomic E-state index is 13.1. The van der Waals surface area contributed by atoms with Gasteiger partial charge in [0.05, 0.1) is 18.1 Å². The fourth-order valence-electron chi connectivity index (χ4n) is 1.32. The molecule has 0 radical (unpaired) electrons. The first-order valence-electron chi connectivity index (χ1n) is 4.44. The molecule has 0 bridgehead atoms. The fourth-order valence-corrected chi connectivity index (χ4v) is 1.32. The molecule has 1 N–H and O–H groups in total. The smallest absolute Gasteiger partial charge is 0.274 e. The zero-order valence-electron chi connectivity index (χ0n) is 8.18. The number of carbonyl (C=O) groups is 3. The number of barbiturate groups is 1. The van der Waals surface area contributed by atoms with E-state index in [4.69, 9.17) is 0 Å². The van der Waals surface area contributed by atoms with E-state index in [0.717, 1.165) is 18.5 Å². The second kappa shape index (κ2) is 3.89. The first kappa shape index (κ1) is 11.1. The molecule has 8 heteroatoms. The van der Waals surface area contributed by atoms with Gasteiger partial charge in [0.15, 0.2) is 0 Å². The summed E-state index contributed by atoms with van der Waals surface area (Å²) in [7, 11) is 0. The summed E-state index contributed by atoms with van der Waals surface area (Å²) in [5.74, 6) is -3.50. The number of urea groups is 1. The van der Waals surface area contributed by atoms with Gasteiger partial charge >= 0.3 is 6.03 Å². The molecule has 2 rings (SSSR count). The van der Waals surface area contributed by atoms with Crippen molar-refractivity contribution in [1.82, 2.24) is 10.3 Å². The second-order valence-electron chi connectivity index (χ2n) is 3.19. The Kier molecular flexibility index (Phi) is 2.54. The molecule has 1 aliphatic rings. The van der Waals surface area contributed by atoms with Crippen molar-refractivity contribution in [1.29, 1.82) is 0 Å². The van der Waals surface area contributed by atoms with E-state index in [-0.39, 0.29) is 5.69 Å². The third-order valence-corrected chi connectivity index (χ3v) is 2.05. The van der Waals surface area contributed by atoms with Crippen LogP contribution in [0.2, 0.25) is 0 Å². The molecule has 0 aliphatic carbocycles. The Morgan fingerprint density at radius 1 is 1.29 bits per heavy atom. The highest BCUT2D eigenvalue weighted by Gasteiger charge is 2.41. The molecule has 1 aliphatic heterocycles. The van der Waals surface area contributed by atoms with E-state index in [2.05, 4.69) is 4.98 Å². The minimum atomic E-state index is -2.49. The SMILES string of the molecule is O=C1NC(=O)N(c2cncc(F)c2)C(=O)C1F. The summed E-state index contributed by atoms with van der Waals surface area (Å²) >= 11 is 0. The van der Waals surface area contributed by atoms with E-state index in [1.54, 1.807) is 5.32 Å². The molecule has 1 aromatic heterocycles. The van der Waals surface area contributed by atoms with Crippen LogP contribution in [0.5, 0.6) is 0 Å². The van der Waals surface area contributed by atoms with Crippen LogP contribution < -0.4 is 10.2 Å². The third kappa shape index (κ3) is 1.84. The predicted molar refractivity (Wildman–Crippen MR) is 50.1 cm³/mol. The molecule has 88 valence electrons. The van der Waals surface area contributed by atoms with Crippen LogP contribution in [0.3, 0.4) is 0 Å². The van der Waals surface area contributed by atoms with Crippen molar-refractivity contribution in [2.75, 3.05) is 4.90 Å². The number of nitrogens with one attached hydrogen (secondary N) is 1. The van der Waals surface area contributed by atoms with Crippen molar-refractivity contribution >= 4 is 23.5 Å². The van der Waals surface area contributed by atoms with E-state index in [1.165, 1.54) is 0 Å². The number of pyridine rings is 1. The monoisotopic (exact) mass is 241 g/mol. The molecule has 1 fully saturated rings. The zero-order valence-corrected chi connectivity index (χ0v) is 8.18. The number of rotatable bonds is 1. The number of carbonyl (C=O) groups excluding carboxylic acids is 3. The number of alkyl halides is 1. The van der Waals surface area contributed by atoms with Crippen LogP contribution in [-0.4, -0.2) is 29.0 Å². The van der Waals surface area contributed by atoms with E-state index >= 15 is 0 Å². The van der Waals surface area contributed by atoms with Gasteiger partial charge in [0.1, 0.15) is 5.82 Å². The number of halogens is 2. The molecule has 2 heterocycles. The van der Waals surface area contributed by atoms with Crippen LogP contribution in [-0.2, 0) is 9.59 Å². The summed E-state index contributed by atoms with van der Waals surface area (Å²) < 4.78 is 26.0. The Hall–Kier alpha value is -2.38. The molecule has 1 atom stereocenters. The van der Waals surface area contributed by atoms with Gasteiger partial charge in [-0.15, -0.1) is 0 Å². The van der Waals surface area contributed by atoms with E-state index in [9.17, 15) is 23.2 Å². The van der Waals surface area contributed by atoms with Gasteiger partial charge in [0, 0.05) is 6.07 Å². The number of nitrogens with zero attached hydrogens (tertiary/aromatic N) is 2. The van der Waals surface area contributed by atoms with Crippen molar-refractivity contribution in [3.05, 3.63) is 24.3 Å². The maximum Gasteiger partial charge on any atom is 0.335 e. The van der Waals surface area contributed by atoms with E-state index < -0.39 is 29.8 Å². The number of anilines is 1. The molecular weight excluding hydrogens is 236 g/mol. The highest BCUT2D eigenvalue weighted by molar-refractivity contribution is 6.29. The topological polar surface area (TPSA) is 79.4 Å². The van der Waals surface area contributed by atoms with Crippen LogP contribution in [0, 0.1) is 5.82 Å². The predicted octanol–water partition coefficient (Wildman–Crippen LogP) is 0.142. The average Bonchev–Trinajstić information content (AvgIpc) is 2.26. The lowest BCUT2D eigenvalue weighted by molar-refractivity contribution is -0.135. The number of amides is 4. The van der Waals surface area contributed by atoms with Crippen LogP contribution in [0.4, 0.5) is 19.3 Å². The first-order chi connectivity index (χ1) is 8.00. The molecule has 0 saturated carbocycles. The lowest BCUT2D eigenvalue weighted by Crippen LogP contribution is -2.59. The number of aromatic nitrogens is 1. The average molecular weight is 241 g/mol. The van der Waals surface area contributed by atoms with Gasteiger partial charge in [-0.05, 0) is 0 Å². The van der Waals surface area contributed by atoms with Crippen molar-refractivity contribution in [3.8, 4) is 0 Å². The highest BCUT2D eigenvalue weighted by atomic mass is 19.1. The second-order valence-corrected chi connectivity index (χ2v) is 3.19. The quantitative estimate of drug-likeness (QED) is 0.709. The van der Waals surface area contributed by atoms with Crippen molar-refractivity contribution < 1.29 is 23.2 Å². The van der Waals surface area contributed by atoms with Crippen molar-refractivity contribution in [2.24, 2.45) is 0 Å². The van der Waals surface area contributed by atoms with Crippen LogP contribution >= 0.6 is 0 Å².